The van der Waals surface area contributed by atoms with Crippen molar-refractivity contribution in [2.75, 3.05) is 6.61 Å². The fourth-order valence-electron chi connectivity index (χ4n) is 1.90. The highest BCUT2D eigenvalue weighted by Crippen LogP contribution is 2.21. The summed E-state index contributed by atoms with van der Waals surface area (Å²) in [5.41, 5.74) is 1.73. The van der Waals surface area contributed by atoms with Gasteiger partial charge in [-0.05, 0) is 37.5 Å². The molecule has 0 radical (unpaired) electrons. The van der Waals surface area contributed by atoms with E-state index in [-0.39, 0.29) is 17.8 Å². The highest BCUT2D eigenvalue weighted by atomic mass is 16.5. The molecule has 1 aliphatic rings. The van der Waals surface area contributed by atoms with Crippen LogP contribution in [0.5, 0.6) is 5.75 Å². The van der Waals surface area contributed by atoms with Crippen molar-refractivity contribution in [1.82, 2.24) is 0 Å². The van der Waals surface area contributed by atoms with Crippen LogP contribution in [-0.4, -0.2) is 29.4 Å². The zero-order chi connectivity index (χ0) is 12.3. The van der Waals surface area contributed by atoms with Crippen LogP contribution in [0.25, 0.3) is 0 Å². The van der Waals surface area contributed by atoms with Crippen molar-refractivity contribution in [3.63, 3.8) is 0 Å². The first-order valence-electron chi connectivity index (χ1n) is 5.73. The van der Waals surface area contributed by atoms with Gasteiger partial charge in [-0.1, -0.05) is 12.1 Å². The number of carbonyl (C=O) groups excluding carboxylic acids is 1. The first-order valence-corrected chi connectivity index (χ1v) is 5.73. The number of ether oxygens (including phenoxy) is 1. The van der Waals surface area contributed by atoms with Crippen LogP contribution in [0.1, 0.15) is 25.3 Å². The maximum Gasteiger partial charge on any atom is 0.330 e. The predicted molar refractivity (Wildman–Crippen MR) is 64.3 cm³/mol. The topological polar surface area (TPSA) is 58.9 Å². The summed E-state index contributed by atoms with van der Waals surface area (Å²) in [6.45, 7) is 2.17. The second-order valence-corrected chi connectivity index (χ2v) is 3.93. The summed E-state index contributed by atoms with van der Waals surface area (Å²) in [6.07, 6.45) is 1.43. The lowest BCUT2D eigenvalue weighted by molar-refractivity contribution is -0.144. The molecule has 2 rings (SSSR count). The number of aliphatic imine (C=N–C) groups is 1. The minimum atomic E-state index is -0.382. The fourth-order valence-corrected chi connectivity index (χ4v) is 1.90. The summed E-state index contributed by atoms with van der Waals surface area (Å²) in [4.78, 5) is 15.9. The van der Waals surface area contributed by atoms with Crippen LogP contribution in [0.2, 0.25) is 0 Å². The van der Waals surface area contributed by atoms with Gasteiger partial charge in [-0.25, -0.2) is 4.79 Å². The van der Waals surface area contributed by atoms with E-state index < -0.39 is 0 Å². The molecule has 1 atom stereocenters. The number of carbonyl (C=O) groups is 1. The predicted octanol–water partition coefficient (Wildman–Crippen LogP) is 1.91. The molecule has 0 amide bonds. The van der Waals surface area contributed by atoms with Crippen molar-refractivity contribution in [2.24, 2.45) is 4.99 Å². The van der Waals surface area contributed by atoms with Crippen LogP contribution in [0, 0.1) is 0 Å². The molecule has 90 valence electrons. The third-order valence-corrected chi connectivity index (χ3v) is 2.70. The van der Waals surface area contributed by atoms with Crippen LogP contribution in [-0.2, 0) is 9.53 Å². The van der Waals surface area contributed by atoms with Gasteiger partial charge in [0.1, 0.15) is 11.8 Å². The summed E-state index contributed by atoms with van der Waals surface area (Å²) >= 11 is 0. The molecule has 0 saturated heterocycles. The maximum atomic E-state index is 11.5. The van der Waals surface area contributed by atoms with E-state index in [0.717, 1.165) is 17.7 Å². The van der Waals surface area contributed by atoms with Crippen molar-refractivity contribution >= 4 is 11.7 Å². The summed E-state index contributed by atoms with van der Waals surface area (Å²) in [5, 5.41) is 9.39. The second kappa shape index (κ2) is 4.99. The second-order valence-electron chi connectivity index (χ2n) is 3.93. The molecule has 0 saturated carbocycles. The molecule has 17 heavy (non-hydrogen) atoms. The van der Waals surface area contributed by atoms with Gasteiger partial charge >= 0.3 is 5.97 Å². The van der Waals surface area contributed by atoms with Gasteiger partial charge in [0.25, 0.3) is 0 Å². The van der Waals surface area contributed by atoms with Crippen LogP contribution in [0.4, 0.5) is 0 Å². The Morgan fingerprint density at radius 2 is 2.41 bits per heavy atom. The molecule has 1 aromatic carbocycles. The number of esters is 1. The minimum Gasteiger partial charge on any atom is -0.508 e. The highest BCUT2D eigenvalue weighted by Gasteiger charge is 2.25. The lowest BCUT2D eigenvalue weighted by Crippen LogP contribution is -2.18. The molecule has 0 spiro atoms. The zero-order valence-electron chi connectivity index (χ0n) is 9.72. The molecule has 1 heterocycles. The molecule has 1 aliphatic heterocycles. The first kappa shape index (κ1) is 11.6. The van der Waals surface area contributed by atoms with Crippen molar-refractivity contribution in [3.8, 4) is 5.75 Å². The SMILES string of the molecule is CCOC(=O)[C@@H]1CCC(c2cccc(O)c2)=N1. The third kappa shape index (κ3) is 2.64. The molecule has 0 bridgehead atoms. The number of phenols is 1. The van der Waals surface area contributed by atoms with Gasteiger partial charge in [0.15, 0.2) is 0 Å². The molecular formula is C13H15NO3. The average Bonchev–Trinajstić information content (AvgIpc) is 2.78. The lowest BCUT2D eigenvalue weighted by atomic mass is 10.1. The number of phenolic OH excluding ortho intramolecular Hbond substituents is 1. The summed E-state index contributed by atoms with van der Waals surface area (Å²) in [7, 11) is 0. The van der Waals surface area contributed by atoms with Crippen LogP contribution < -0.4 is 0 Å². The molecular weight excluding hydrogens is 218 g/mol. The summed E-state index contributed by atoms with van der Waals surface area (Å²) < 4.78 is 4.94. The van der Waals surface area contributed by atoms with Gasteiger partial charge in [-0.3, -0.25) is 4.99 Å². The third-order valence-electron chi connectivity index (χ3n) is 2.70. The molecule has 1 N–H and O–H groups in total. The van der Waals surface area contributed by atoms with E-state index in [2.05, 4.69) is 4.99 Å². The van der Waals surface area contributed by atoms with E-state index >= 15 is 0 Å². The Bertz CT molecular complexity index is 454. The number of rotatable bonds is 3. The highest BCUT2D eigenvalue weighted by molar-refractivity contribution is 6.03. The standard InChI is InChI=1S/C13H15NO3/c1-2-17-13(16)12-7-6-11(14-12)9-4-3-5-10(15)8-9/h3-5,8,12,15H,2,6-7H2,1H3/t12-/m0/s1. The number of aromatic hydroxyl groups is 1. The van der Waals surface area contributed by atoms with Gasteiger partial charge in [0.2, 0.25) is 0 Å². The zero-order valence-corrected chi connectivity index (χ0v) is 9.72. The van der Waals surface area contributed by atoms with Gasteiger partial charge < -0.3 is 9.84 Å². The Kier molecular flexibility index (Phi) is 3.42. The molecule has 0 fully saturated rings. The van der Waals surface area contributed by atoms with Gasteiger partial charge in [0, 0.05) is 5.71 Å². The van der Waals surface area contributed by atoms with Gasteiger partial charge in [-0.15, -0.1) is 0 Å². The van der Waals surface area contributed by atoms with E-state index in [1.807, 2.05) is 6.07 Å². The largest absolute Gasteiger partial charge is 0.508 e. The van der Waals surface area contributed by atoms with Crippen molar-refractivity contribution < 1.29 is 14.6 Å². The van der Waals surface area contributed by atoms with E-state index in [1.165, 1.54) is 0 Å². The van der Waals surface area contributed by atoms with E-state index in [4.69, 9.17) is 4.74 Å². The number of nitrogens with zero attached hydrogens (tertiary/aromatic N) is 1. The molecule has 0 aromatic heterocycles. The first-order chi connectivity index (χ1) is 8.20. The molecule has 4 heteroatoms. The Morgan fingerprint density at radius 1 is 1.59 bits per heavy atom. The van der Waals surface area contributed by atoms with Crippen molar-refractivity contribution in [1.29, 1.82) is 0 Å². The van der Waals surface area contributed by atoms with Crippen LogP contribution in [0.15, 0.2) is 29.3 Å². The number of benzene rings is 1. The Hall–Kier alpha value is -1.84. The molecule has 1 aromatic rings. The Balaban J connectivity index is 2.14. The van der Waals surface area contributed by atoms with E-state index in [9.17, 15) is 9.90 Å². The lowest BCUT2D eigenvalue weighted by Gasteiger charge is -2.04. The maximum absolute atomic E-state index is 11.5. The summed E-state index contributed by atoms with van der Waals surface area (Å²) in [6, 6.07) is 6.54. The van der Waals surface area contributed by atoms with Gasteiger partial charge in [0.05, 0.1) is 6.61 Å². The molecule has 4 nitrogen and oxygen atoms in total. The Morgan fingerprint density at radius 3 is 3.12 bits per heavy atom. The smallest absolute Gasteiger partial charge is 0.330 e. The molecule has 0 aliphatic carbocycles. The van der Waals surface area contributed by atoms with E-state index in [0.29, 0.717) is 13.0 Å². The monoisotopic (exact) mass is 233 g/mol. The number of hydrogen-bond donors (Lipinski definition) is 1. The number of hydrogen-bond acceptors (Lipinski definition) is 4. The minimum absolute atomic E-state index is 0.213. The van der Waals surface area contributed by atoms with E-state index in [1.54, 1.807) is 25.1 Å². The van der Waals surface area contributed by atoms with Crippen molar-refractivity contribution in [3.05, 3.63) is 29.8 Å². The average molecular weight is 233 g/mol. The quantitative estimate of drug-likeness (QED) is 0.811. The van der Waals surface area contributed by atoms with Crippen molar-refractivity contribution in [2.45, 2.75) is 25.8 Å². The summed E-state index contributed by atoms with van der Waals surface area (Å²) in [5.74, 6) is -0.0487. The van der Waals surface area contributed by atoms with Crippen LogP contribution >= 0.6 is 0 Å². The van der Waals surface area contributed by atoms with Crippen LogP contribution in [0.3, 0.4) is 0 Å². The molecule has 0 unspecified atom stereocenters. The van der Waals surface area contributed by atoms with Gasteiger partial charge in [-0.2, -0.15) is 0 Å². The Labute approximate surface area is 99.9 Å². The fraction of sp³-hybridized carbons (Fsp3) is 0.385. The normalized spacial score (nSPS) is 18.9.